The number of hydrogen-bond acceptors (Lipinski definition) is 5. The molecule has 24 heavy (non-hydrogen) atoms. The molecule has 0 unspecified atom stereocenters. The lowest BCUT2D eigenvalue weighted by Gasteiger charge is -2.10. The molecule has 0 amide bonds. The minimum Gasteiger partial charge on any atom is -0.356 e. The molecule has 7 heteroatoms. The zero-order valence-corrected chi connectivity index (χ0v) is 16.8. The van der Waals surface area contributed by atoms with Crippen LogP contribution in [-0.4, -0.2) is 29.5 Å². The van der Waals surface area contributed by atoms with Gasteiger partial charge in [-0.25, -0.2) is 9.97 Å². The smallest absolute Gasteiger partial charge is 0.191 e. The zero-order valence-electron chi connectivity index (χ0n) is 15.1. The Balaban J connectivity index is 1.77. The molecule has 2 N–H and O–H groups in total. The Morgan fingerprint density at radius 1 is 1.25 bits per heavy atom. The molecule has 0 fully saturated rings. The second-order valence-electron chi connectivity index (χ2n) is 5.89. The number of aromatic nitrogens is 2. The van der Waals surface area contributed by atoms with E-state index in [9.17, 15) is 0 Å². The van der Waals surface area contributed by atoms with Crippen LogP contribution in [0.1, 0.15) is 53.0 Å². The molecular formula is C17H27N5S2. The molecule has 0 aromatic carbocycles. The van der Waals surface area contributed by atoms with Crippen molar-refractivity contribution in [2.75, 3.05) is 13.6 Å². The van der Waals surface area contributed by atoms with Gasteiger partial charge < -0.3 is 10.6 Å². The molecule has 0 atom stereocenters. The van der Waals surface area contributed by atoms with E-state index in [-0.39, 0.29) is 0 Å². The average Bonchev–Trinajstić information content (AvgIpc) is 3.17. The number of nitrogens with zero attached hydrogens (tertiary/aromatic N) is 3. The summed E-state index contributed by atoms with van der Waals surface area (Å²) < 4.78 is 0. The zero-order chi connectivity index (χ0) is 17.5. The molecule has 2 aromatic heterocycles. The molecule has 0 spiro atoms. The molecule has 0 saturated heterocycles. The lowest BCUT2D eigenvalue weighted by atomic mass is 10.2. The molecular weight excluding hydrogens is 338 g/mol. The van der Waals surface area contributed by atoms with E-state index in [1.54, 1.807) is 29.7 Å². The highest BCUT2D eigenvalue weighted by atomic mass is 32.1. The van der Waals surface area contributed by atoms with E-state index in [2.05, 4.69) is 58.7 Å². The SMILES string of the molecule is CCc1nc(CCNC(=NC)NCc2nc(C(C)C)cs2)sc1C. The van der Waals surface area contributed by atoms with Crippen LogP contribution >= 0.6 is 22.7 Å². The third-order valence-corrected chi connectivity index (χ3v) is 5.63. The van der Waals surface area contributed by atoms with Gasteiger partial charge in [-0.3, -0.25) is 4.99 Å². The maximum absolute atomic E-state index is 4.67. The second-order valence-corrected chi connectivity index (χ2v) is 8.12. The van der Waals surface area contributed by atoms with Crippen LogP contribution in [0, 0.1) is 6.92 Å². The van der Waals surface area contributed by atoms with Crippen molar-refractivity contribution in [3.05, 3.63) is 31.7 Å². The summed E-state index contributed by atoms with van der Waals surface area (Å²) in [4.78, 5) is 14.9. The molecule has 132 valence electrons. The first-order chi connectivity index (χ1) is 11.5. The van der Waals surface area contributed by atoms with Crippen LogP contribution in [0.25, 0.3) is 0 Å². The van der Waals surface area contributed by atoms with Crippen LogP contribution < -0.4 is 10.6 Å². The van der Waals surface area contributed by atoms with Gasteiger partial charge in [0.05, 0.1) is 22.9 Å². The summed E-state index contributed by atoms with van der Waals surface area (Å²) in [5.74, 6) is 1.28. The number of rotatable bonds is 7. The van der Waals surface area contributed by atoms with Crippen LogP contribution in [0.3, 0.4) is 0 Å². The first-order valence-corrected chi connectivity index (χ1v) is 10.1. The number of aryl methyl sites for hydroxylation is 2. The summed E-state index contributed by atoms with van der Waals surface area (Å²) in [6.45, 7) is 10.2. The van der Waals surface area contributed by atoms with Crippen molar-refractivity contribution < 1.29 is 0 Å². The highest BCUT2D eigenvalue weighted by Crippen LogP contribution is 2.18. The summed E-state index contributed by atoms with van der Waals surface area (Å²) in [6, 6.07) is 0. The van der Waals surface area contributed by atoms with Crippen molar-refractivity contribution in [2.24, 2.45) is 4.99 Å². The predicted molar refractivity (Wildman–Crippen MR) is 104 cm³/mol. The normalized spacial score (nSPS) is 12.0. The van der Waals surface area contributed by atoms with Gasteiger partial charge in [0.2, 0.25) is 0 Å². The van der Waals surface area contributed by atoms with Crippen molar-refractivity contribution >= 4 is 28.6 Å². The van der Waals surface area contributed by atoms with Gasteiger partial charge in [0.25, 0.3) is 0 Å². The Bertz CT molecular complexity index is 672. The Morgan fingerprint density at radius 3 is 2.62 bits per heavy atom. The largest absolute Gasteiger partial charge is 0.356 e. The molecule has 0 aliphatic heterocycles. The van der Waals surface area contributed by atoms with Crippen LogP contribution in [-0.2, 0) is 19.4 Å². The van der Waals surface area contributed by atoms with Gasteiger partial charge in [-0.15, -0.1) is 22.7 Å². The van der Waals surface area contributed by atoms with E-state index in [0.717, 1.165) is 36.0 Å². The molecule has 2 heterocycles. The van der Waals surface area contributed by atoms with Crippen molar-refractivity contribution in [2.45, 2.75) is 53.0 Å². The Labute approximate surface area is 152 Å². The monoisotopic (exact) mass is 365 g/mol. The van der Waals surface area contributed by atoms with Crippen LogP contribution in [0.2, 0.25) is 0 Å². The molecule has 5 nitrogen and oxygen atoms in total. The molecule has 0 bridgehead atoms. The van der Waals surface area contributed by atoms with Crippen LogP contribution in [0.5, 0.6) is 0 Å². The summed E-state index contributed by atoms with van der Waals surface area (Å²) in [5, 5.41) is 11.1. The van der Waals surface area contributed by atoms with Crippen LogP contribution in [0.4, 0.5) is 0 Å². The van der Waals surface area contributed by atoms with Gasteiger partial charge in [0.1, 0.15) is 5.01 Å². The summed E-state index contributed by atoms with van der Waals surface area (Å²) in [7, 11) is 1.79. The van der Waals surface area contributed by atoms with Gasteiger partial charge in [-0.1, -0.05) is 20.8 Å². The summed E-state index contributed by atoms with van der Waals surface area (Å²) >= 11 is 3.49. The maximum Gasteiger partial charge on any atom is 0.191 e. The standard InChI is InChI=1S/C17H27N5S2/c1-6-13-12(4)24-15(21-13)7-8-19-17(18-5)20-9-16-22-14(10-23-16)11(2)3/h10-11H,6-9H2,1-5H3,(H2,18,19,20). The fourth-order valence-corrected chi connectivity index (χ4v) is 4.18. The lowest BCUT2D eigenvalue weighted by molar-refractivity contribution is 0.775. The highest BCUT2D eigenvalue weighted by molar-refractivity contribution is 7.11. The van der Waals surface area contributed by atoms with Gasteiger partial charge in [0, 0.05) is 30.3 Å². The number of aliphatic imine (C=N–C) groups is 1. The molecule has 2 aromatic rings. The highest BCUT2D eigenvalue weighted by Gasteiger charge is 2.08. The Morgan fingerprint density at radius 2 is 2.04 bits per heavy atom. The van der Waals surface area contributed by atoms with E-state index < -0.39 is 0 Å². The predicted octanol–water partition coefficient (Wildman–Crippen LogP) is 3.50. The van der Waals surface area contributed by atoms with Gasteiger partial charge >= 0.3 is 0 Å². The fourth-order valence-electron chi connectivity index (χ4n) is 2.26. The molecule has 0 aliphatic rings. The van der Waals surface area contributed by atoms with E-state index in [4.69, 9.17) is 0 Å². The van der Waals surface area contributed by atoms with Crippen LogP contribution in [0.15, 0.2) is 10.4 Å². The lowest BCUT2D eigenvalue weighted by Crippen LogP contribution is -2.37. The topological polar surface area (TPSA) is 62.2 Å². The first-order valence-electron chi connectivity index (χ1n) is 8.37. The average molecular weight is 366 g/mol. The third kappa shape index (κ3) is 5.27. The first kappa shape index (κ1) is 18.9. The summed E-state index contributed by atoms with van der Waals surface area (Å²) in [5.41, 5.74) is 2.38. The van der Waals surface area contributed by atoms with Crippen molar-refractivity contribution in [3.8, 4) is 0 Å². The van der Waals surface area contributed by atoms with Crippen molar-refractivity contribution in [3.63, 3.8) is 0 Å². The molecule has 0 aliphatic carbocycles. The molecule has 0 radical (unpaired) electrons. The Kier molecular flexibility index (Phi) is 7.17. The molecule has 2 rings (SSSR count). The van der Waals surface area contributed by atoms with Gasteiger partial charge in [0.15, 0.2) is 5.96 Å². The number of nitrogens with one attached hydrogen (secondary N) is 2. The maximum atomic E-state index is 4.67. The second kappa shape index (κ2) is 9.13. The molecule has 0 saturated carbocycles. The van der Waals surface area contributed by atoms with Crippen molar-refractivity contribution in [1.29, 1.82) is 0 Å². The van der Waals surface area contributed by atoms with E-state index in [1.807, 2.05) is 0 Å². The Hall–Kier alpha value is -1.47. The number of guanidine groups is 1. The van der Waals surface area contributed by atoms with E-state index >= 15 is 0 Å². The minimum atomic E-state index is 0.474. The van der Waals surface area contributed by atoms with E-state index in [1.165, 1.54) is 15.6 Å². The minimum absolute atomic E-state index is 0.474. The third-order valence-electron chi connectivity index (χ3n) is 3.69. The van der Waals surface area contributed by atoms with E-state index in [0.29, 0.717) is 12.5 Å². The van der Waals surface area contributed by atoms with Gasteiger partial charge in [-0.2, -0.15) is 0 Å². The number of hydrogen-bond donors (Lipinski definition) is 2. The van der Waals surface area contributed by atoms with Gasteiger partial charge in [-0.05, 0) is 19.3 Å². The number of thiazole rings is 2. The quantitative estimate of drug-likeness (QED) is 0.582. The summed E-state index contributed by atoms with van der Waals surface area (Å²) in [6.07, 6.45) is 1.92. The fraction of sp³-hybridized carbons (Fsp3) is 0.588. The van der Waals surface area contributed by atoms with Crippen molar-refractivity contribution in [1.82, 2.24) is 20.6 Å².